The molecule has 676 valence electrons. The molecule has 0 aliphatic carbocycles. The Morgan fingerprint density at radius 3 is 1.33 bits per heavy atom. The smallest absolute Gasteiger partial charge is 0.305 e. The SMILES string of the molecule is C=S(=O)(O)CC(NC)C(=O)N(CCC(C)C)CCS(=O)(=O)O.C=S(=O)(O)CCN(CCC(C)C)C1CCN(C)CC1.C=S(=O)(O)CCN(CCNC)CCC(C)C.CC(=O)CCN(CCC(C)C)C1CCN(C)CC1.CCCN(C)C(CC(=O)O)C(=O)CCCC(C)C.CNC(CCCC[N+](C)(C)C)C(=O)N(C)CCC(C)C. The molecule has 2 aliphatic rings. The Balaban J connectivity index is -0.000000632. The van der Waals surface area contributed by atoms with Gasteiger partial charge in [-0.15, -0.1) is 0 Å². The first kappa shape index (κ1) is 117. The number of hydrogen-bond acceptors (Lipinski definition) is 19. The summed E-state index contributed by atoms with van der Waals surface area (Å²) in [5.41, 5.74) is 0. The van der Waals surface area contributed by atoms with Gasteiger partial charge in [0.15, 0.2) is 5.78 Å². The van der Waals surface area contributed by atoms with E-state index in [1.807, 2.05) is 58.8 Å². The molecule has 0 aromatic heterocycles. The van der Waals surface area contributed by atoms with Crippen LogP contribution < -0.4 is 16.0 Å². The lowest BCUT2D eigenvalue weighted by atomic mass is 9.99. The van der Waals surface area contributed by atoms with Crippen LogP contribution in [0.3, 0.4) is 0 Å². The summed E-state index contributed by atoms with van der Waals surface area (Å²) < 4.78 is 93.2. The topological polar surface area (TPSA) is 334 Å². The van der Waals surface area contributed by atoms with Gasteiger partial charge in [0, 0.05) is 84.3 Å². The highest BCUT2D eigenvalue weighted by Crippen LogP contribution is 2.20. The minimum Gasteiger partial charge on any atom is -0.481 e. The number of ketones is 2. The lowest BCUT2D eigenvalue weighted by Crippen LogP contribution is -2.50. The molecule has 0 aromatic rings. The van der Waals surface area contributed by atoms with Crippen molar-refractivity contribution in [2.75, 3.05) is 205 Å². The van der Waals surface area contributed by atoms with E-state index in [1.54, 1.807) is 6.92 Å². The molecule has 2 rings (SSSR count). The number of nitrogens with zero attached hydrogens (tertiary/aromatic N) is 9. The number of carbonyl (C=O) groups is 5. The van der Waals surface area contributed by atoms with Crippen LogP contribution in [0.25, 0.3) is 0 Å². The number of carboxylic acid groups (broad SMARTS) is 1. The Morgan fingerprint density at radius 2 is 0.938 bits per heavy atom. The number of unbranched alkanes of at least 4 members (excludes halogenated alkanes) is 1. The lowest BCUT2D eigenvalue weighted by molar-refractivity contribution is -0.870. The van der Waals surface area contributed by atoms with Crippen LogP contribution in [0.2, 0.25) is 0 Å². The molecule has 2 saturated heterocycles. The molecule has 0 bridgehead atoms. The van der Waals surface area contributed by atoms with Gasteiger partial charge in [0.05, 0.1) is 105 Å². The van der Waals surface area contributed by atoms with Crippen molar-refractivity contribution in [2.45, 2.75) is 243 Å². The summed E-state index contributed by atoms with van der Waals surface area (Å²) in [6.07, 6.45) is 17.2. The molecule has 0 radical (unpaired) electrons. The second-order valence-electron chi connectivity index (χ2n) is 35.3. The van der Waals surface area contributed by atoms with E-state index in [-0.39, 0.29) is 48.0 Å². The first-order valence-corrected chi connectivity index (χ1v) is 49.2. The molecule has 8 N–H and O–H groups in total. The molecule has 27 nitrogen and oxygen atoms in total. The number of aliphatic carboxylic acids is 1. The molecule has 113 heavy (non-hydrogen) atoms. The van der Waals surface area contributed by atoms with Crippen molar-refractivity contribution in [1.82, 2.24) is 55.1 Å². The average Bonchev–Trinajstić information content (AvgIpc) is 0.864. The summed E-state index contributed by atoms with van der Waals surface area (Å²) in [5, 5.41) is 17.8. The monoisotopic (exact) mass is 1700 g/mol. The largest absolute Gasteiger partial charge is 0.481 e. The number of hydrogen-bond donors (Lipinski definition) is 8. The number of carboxylic acids is 1. The van der Waals surface area contributed by atoms with E-state index in [9.17, 15) is 54.1 Å². The third-order valence-corrected chi connectivity index (χ3v) is 23.1. The van der Waals surface area contributed by atoms with Crippen molar-refractivity contribution in [2.24, 2.45) is 35.5 Å². The summed E-state index contributed by atoms with van der Waals surface area (Å²) in [5.74, 6) is 12.1. The van der Waals surface area contributed by atoms with Gasteiger partial charge < -0.3 is 63.7 Å². The zero-order valence-corrected chi connectivity index (χ0v) is 79.3. The molecule has 2 amide bonds. The molecule has 0 saturated carbocycles. The summed E-state index contributed by atoms with van der Waals surface area (Å²) in [6, 6.07) is -0.172. The third-order valence-electron chi connectivity index (χ3n) is 19.9. The molecule has 2 aliphatic heterocycles. The summed E-state index contributed by atoms with van der Waals surface area (Å²) >= 11 is 0. The van der Waals surface area contributed by atoms with Gasteiger partial charge in [-0.2, -0.15) is 8.42 Å². The van der Waals surface area contributed by atoms with E-state index in [2.05, 4.69) is 163 Å². The summed E-state index contributed by atoms with van der Waals surface area (Å²) in [7, 11) is 6.74. The number of rotatable bonds is 53. The van der Waals surface area contributed by atoms with Crippen LogP contribution in [0.4, 0.5) is 0 Å². The molecule has 2 fully saturated rings. The van der Waals surface area contributed by atoms with Crippen molar-refractivity contribution in [3.05, 3.63) is 0 Å². The second kappa shape index (κ2) is 64.1. The maximum Gasteiger partial charge on any atom is 0.305 e. The molecular formula is C82H175N12O15S4+. The molecule has 31 heteroatoms. The van der Waals surface area contributed by atoms with Gasteiger partial charge in [-0.05, 0) is 245 Å². The standard InChI is InChI=1S/C16H36N3O.C15H30N2O.C14H30N2O2S.C14H27NO3.C12H26N2O6S2.C11H26N2O2S/c1-14(2)11-12-18(4)16(20)15(17-3)10-8-9-13-19(5,6)7;1-13(2)5-11-17(12-6-14(3)18)15-7-9-16(4)10-8-15;1-13(2)5-10-16(11-12-19(4,17)18)14-6-8-15(3)9-7-14;1-5-9-15(4)12(10-14(17)18)13(16)8-6-7-11(2)3;1-10(2)5-6-14(7-8-22(18,19)20)12(15)11(13-3)9-21(4,16)17;1-11(2)5-7-13(8-6-12-3)9-10-16(4,14)15/h14-15,17H,8-13H2,1-7H3;13,15H,5-12H2,1-4H3;13-14H,4-12H2,1-3H3,(H,17,18);11-12H,5-10H2,1-4H3,(H,17,18);10-11,13H,4-9H2,1-3H3,(H,16,17)(H,18,19,20);11-12H,4-10H2,1-3H3,(H,14,15)/q+1;;;;;. The van der Waals surface area contributed by atoms with Gasteiger partial charge in [0.25, 0.3) is 10.1 Å². The maximum atomic E-state index is 12.4. The number of likely N-dealkylation sites (N-methyl/N-ethyl adjacent to an activating group) is 5. The molecular weight excluding hydrogens is 1520 g/mol. The predicted octanol–water partition coefficient (Wildman–Crippen LogP) is 8.82. The van der Waals surface area contributed by atoms with Crippen LogP contribution in [0.15, 0.2) is 0 Å². The number of quaternary nitrogens is 1. The van der Waals surface area contributed by atoms with Crippen molar-refractivity contribution in [1.29, 1.82) is 0 Å². The minimum atomic E-state index is -4.19. The first-order valence-electron chi connectivity index (χ1n) is 42.0. The van der Waals surface area contributed by atoms with Gasteiger partial charge in [0.2, 0.25) is 11.8 Å². The van der Waals surface area contributed by atoms with Gasteiger partial charge in [-0.1, -0.05) is 96.4 Å². The van der Waals surface area contributed by atoms with Gasteiger partial charge >= 0.3 is 5.97 Å². The van der Waals surface area contributed by atoms with Crippen molar-refractivity contribution >= 4 is 86.5 Å². The predicted molar refractivity (Wildman–Crippen MR) is 481 cm³/mol. The summed E-state index contributed by atoms with van der Waals surface area (Å²) in [4.78, 5) is 75.8. The summed E-state index contributed by atoms with van der Waals surface area (Å²) in [6.45, 7) is 44.5. The van der Waals surface area contributed by atoms with Crippen LogP contribution in [-0.2, 0) is 63.5 Å². The molecule has 6 unspecified atom stereocenters. The molecule has 6 atom stereocenters. The Bertz CT molecular complexity index is 2950. The van der Waals surface area contributed by atoms with Gasteiger partial charge in [-0.25, -0.2) is 12.6 Å². The molecule has 0 aromatic carbocycles. The van der Waals surface area contributed by atoms with Crippen molar-refractivity contribution < 1.29 is 72.8 Å². The van der Waals surface area contributed by atoms with E-state index in [1.165, 1.54) is 63.6 Å². The Morgan fingerprint density at radius 1 is 0.504 bits per heavy atom. The van der Waals surface area contributed by atoms with Crippen LogP contribution in [0.1, 0.15) is 213 Å². The fourth-order valence-corrected chi connectivity index (χ4v) is 14.7. The molecule has 0 spiro atoms. The highest BCUT2D eigenvalue weighted by Gasteiger charge is 2.30. The third kappa shape index (κ3) is 72.9. The zero-order valence-electron chi connectivity index (χ0n) is 76.0. The van der Waals surface area contributed by atoms with E-state index in [0.29, 0.717) is 86.4 Å². The average molecular weight is 1700 g/mol. The van der Waals surface area contributed by atoms with Crippen LogP contribution >= 0.6 is 0 Å². The van der Waals surface area contributed by atoms with Crippen LogP contribution in [0.5, 0.6) is 0 Å². The van der Waals surface area contributed by atoms with E-state index < -0.39 is 69.2 Å². The van der Waals surface area contributed by atoms with Crippen LogP contribution in [0, 0.1) is 35.5 Å². The van der Waals surface area contributed by atoms with Crippen LogP contribution in [-0.4, -0.2) is 370 Å². The number of amides is 2. The van der Waals surface area contributed by atoms with Gasteiger partial charge in [-0.3, -0.25) is 43.2 Å². The minimum absolute atomic E-state index is 0.0281. The van der Waals surface area contributed by atoms with E-state index >= 15 is 0 Å². The van der Waals surface area contributed by atoms with E-state index in [0.717, 1.165) is 134 Å². The second-order valence-corrected chi connectivity index (χ2v) is 42.6. The number of nitrogens with one attached hydrogen (secondary N) is 3. The van der Waals surface area contributed by atoms with Crippen molar-refractivity contribution in [3.63, 3.8) is 0 Å². The number of carbonyl (C=O) groups excluding carboxylic acids is 4. The fourth-order valence-electron chi connectivity index (χ4n) is 12.3. The number of likely N-dealkylation sites (tertiary alicyclic amines) is 2. The lowest BCUT2D eigenvalue weighted by Gasteiger charge is -2.37. The first-order chi connectivity index (χ1) is 52.0. The highest BCUT2D eigenvalue weighted by atomic mass is 32.2. The van der Waals surface area contributed by atoms with Crippen molar-refractivity contribution in [3.8, 4) is 0 Å². The quantitative estimate of drug-likeness (QED) is 0.0122. The zero-order chi connectivity index (χ0) is 88.1. The fraction of sp³-hybridized carbons (Fsp3) is 0.902. The maximum absolute atomic E-state index is 12.4. The Hall–Kier alpha value is -2.80. The van der Waals surface area contributed by atoms with Gasteiger partial charge in [0.1, 0.15) is 5.78 Å². The normalized spacial score (nSPS) is 16.5. The number of piperidine rings is 2. The molecule has 2 heterocycles. The van der Waals surface area contributed by atoms with E-state index in [4.69, 9.17) is 14.2 Å². The Kier molecular flexibility index (Phi) is 66.1. The highest BCUT2D eigenvalue weighted by molar-refractivity contribution is 7.95. The number of Topliss-reactive ketones (excluding diaryl/α,β-unsaturated/α-hetero) is 2. The Labute approximate surface area is 693 Å².